The van der Waals surface area contributed by atoms with E-state index >= 15 is 0 Å². The zero-order valence-corrected chi connectivity index (χ0v) is 17.1. The largest absolute Gasteiger partial charge is 0.494 e. The van der Waals surface area contributed by atoms with Crippen LogP contribution in [-0.2, 0) is 0 Å². The van der Waals surface area contributed by atoms with E-state index in [0.29, 0.717) is 43.2 Å². The van der Waals surface area contributed by atoms with E-state index in [4.69, 9.17) is 4.74 Å². The summed E-state index contributed by atoms with van der Waals surface area (Å²) < 4.78 is 5.52. The standard InChI is InChI=1S/C23H24N4O3/c1-23(29)10-13-27(14-11-23)22(28)26-20-7-3-6-18-17(16-5-4-12-24-15-16)8-9-19(30-2)21(18)25-20/h4-9,12,15,29H,10-11,13-14H2,1-2H3,(H,25,26,28). The van der Waals surface area contributed by atoms with E-state index in [0.717, 1.165) is 16.7 Å². The zero-order valence-electron chi connectivity index (χ0n) is 17.1. The molecule has 2 N–H and O–H groups in total. The van der Waals surface area contributed by atoms with Gasteiger partial charge in [0.05, 0.1) is 12.7 Å². The third-order valence-electron chi connectivity index (χ3n) is 5.42. The molecule has 0 aliphatic carbocycles. The Morgan fingerprint density at radius 3 is 2.77 bits per heavy atom. The molecule has 0 atom stereocenters. The van der Waals surface area contributed by atoms with Gasteiger partial charge in [0, 0.05) is 42.7 Å². The number of rotatable bonds is 2. The first-order valence-corrected chi connectivity index (χ1v) is 9.88. The number of carbonyl (C=O) groups excluding carboxylic acids is 1. The van der Waals surface area contributed by atoms with E-state index in [-0.39, 0.29) is 6.03 Å². The Morgan fingerprint density at radius 2 is 2.07 bits per heavy atom. The molecular weight excluding hydrogens is 380 g/mol. The number of amides is 2. The second-order valence-corrected chi connectivity index (χ2v) is 7.69. The summed E-state index contributed by atoms with van der Waals surface area (Å²) in [6, 6.07) is 7.44. The minimum Gasteiger partial charge on any atom is -0.494 e. The number of urea groups is 1. The molecule has 3 heterocycles. The number of carbonyl (C=O) groups is 1. The molecule has 0 bridgehead atoms. The van der Waals surface area contributed by atoms with E-state index in [1.54, 1.807) is 37.4 Å². The third-order valence-corrected chi connectivity index (χ3v) is 5.42. The van der Waals surface area contributed by atoms with Crippen molar-refractivity contribution in [3.05, 3.63) is 54.0 Å². The number of hydrogen-bond acceptors (Lipinski definition) is 5. The van der Waals surface area contributed by atoms with Crippen molar-refractivity contribution in [2.24, 2.45) is 4.99 Å². The average Bonchev–Trinajstić information content (AvgIpc) is 2.96. The van der Waals surface area contributed by atoms with E-state index < -0.39 is 5.60 Å². The second-order valence-electron chi connectivity index (χ2n) is 7.69. The van der Waals surface area contributed by atoms with Crippen molar-refractivity contribution < 1.29 is 14.6 Å². The molecule has 1 aromatic carbocycles. The number of aliphatic imine (C=N–C) groups is 1. The topological polar surface area (TPSA) is 87.1 Å². The van der Waals surface area contributed by atoms with Crippen LogP contribution < -0.4 is 10.1 Å². The average molecular weight is 404 g/mol. The predicted molar refractivity (Wildman–Crippen MR) is 116 cm³/mol. The second kappa shape index (κ2) is 8.14. The van der Waals surface area contributed by atoms with Crippen LogP contribution >= 0.6 is 0 Å². The Labute approximate surface area is 175 Å². The third kappa shape index (κ3) is 4.13. The quantitative estimate of drug-likeness (QED) is 0.750. The highest BCUT2D eigenvalue weighted by Crippen LogP contribution is 2.39. The summed E-state index contributed by atoms with van der Waals surface area (Å²) in [6.07, 6.45) is 8.10. The molecule has 4 rings (SSSR count). The van der Waals surface area contributed by atoms with Gasteiger partial charge in [-0.05, 0) is 49.6 Å². The lowest BCUT2D eigenvalue weighted by molar-refractivity contribution is 0.00484. The van der Waals surface area contributed by atoms with Crippen LogP contribution in [0.15, 0.2) is 53.5 Å². The number of pyridine rings is 1. The lowest BCUT2D eigenvalue weighted by Gasteiger charge is -2.35. The molecule has 0 spiro atoms. The molecule has 154 valence electrons. The number of amidine groups is 1. The highest BCUT2D eigenvalue weighted by atomic mass is 16.5. The van der Waals surface area contributed by atoms with Crippen molar-refractivity contribution in [2.75, 3.05) is 20.2 Å². The van der Waals surface area contributed by atoms with Crippen LogP contribution in [-0.4, -0.2) is 52.7 Å². The molecular formula is C23H24N4O3. The van der Waals surface area contributed by atoms with Gasteiger partial charge in [-0.25, -0.2) is 9.79 Å². The van der Waals surface area contributed by atoms with Gasteiger partial charge in [0.15, 0.2) is 0 Å². The van der Waals surface area contributed by atoms with Crippen molar-refractivity contribution in [1.29, 1.82) is 0 Å². The number of piperidine rings is 1. The van der Waals surface area contributed by atoms with Gasteiger partial charge in [-0.2, -0.15) is 0 Å². The Kier molecular flexibility index (Phi) is 5.40. The maximum Gasteiger partial charge on any atom is 0.323 e. The Morgan fingerprint density at radius 1 is 1.27 bits per heavy atom. The number of aliphatic hydroxyl groups is 1. The highest BCUT2D eigenvalue weighted by Gasteiger charge is 2.30. The molecule has 0 unspecified atom stereocenters. The fraction of sp³-hybridized carbons (Fsp3) is 0.304. The molecule has 0 saturated carbocycles. The summed E-state index contributed by atoms with van der Waals surface area (Å²) in [5.74, 6) is 0.987. The fourth-order valence-corrected chi connectivity index (χ4v) is 3.59. The lowest BCUT2D eigenvalue weighted by atomic mass is 9.94. The van der Waals surface area contributed by atoms with Gasteiger partial charge in [0.25, 0.3) is 0 Å². The Hall–Kier alpha value is -3.41. The van der Waals surface area contributed by atoms with Gasteiger partial charge in [-0.15, -0.1) is 5.73 Å². The van der Waals surface area contributed by atoms with Gasteiger partial charge in [0.1, 0.15) is 17.3 Å². The van der Waals surface area contributed by atoms with Crippen LogP contribution in [0.25, 0.3) is 17.2 Å². The Balaban J connectivity index is 1.64. The highest BCUT2D eigenvalue weighted by molar-refractivity contribution is 6.06. The molecule has 30 heavy (non-hydrogen) atoms. The van der Waals surface area contributed by atoms with Crippen LogP contribution in [0, 0.1) is 0 Å². The SMILES string of the molecule is COc1ccc(-c2cccnc2)c2c1N=C(NC(=O)N1CCC(C)(O)CC1)C=C=C2. The summed E-state index contributed by atoms with van der Waals surface area (Å²) in [6.45, 7) is 2.79. The van der Waals surface area contributed by atoms with E-state index in [1.165, 1.54) is 0 Å². The van der Waals surface area contributed by atoms with E-state index in [9.17, 15) is 9.90 Å². The first kappa shape index (κ1) is 19.9. The van der Waals surface area contributed by atoms with E-state index in [2.05, 4.69) is 21.0 Å². The number of benzene rings is 1. The van der Waals surface area contributed by atoms with Crippen LogP contribution in [0.3, 0.4) is 0 Å². The van der Waals surface area contributed by atoms with Crippen LogP contribution in [0.2, 0.25) is 0 Å². The summed E-state index contributed by atoms with van der Waals surface area (Å²) in [4.78, 5) is 23.3. The first-order chi connectivity index (χ1) is 14.5. The molecule has 2 aromatic rings. The smallest absolute Gasteiger partial charge is 0.323 e. The van der Waals surface area contributed by atoms with Gasteiger partial charge in [0.2, 0.25) is 0 Å². The normalized spacial score (nSPS) is 17.0. The number of fused-ring (bicyclic) bond motifs is 1. The lowest BCUT2D eigenvalue weighted by Crippen LogP contribution is -2.49. The molecule has 2 aliphatic rings. The maximum absolute atomic E-state index is 12.7. The Bertz CT molecular complexity index is 1040. The van der Waals surface area contributed by atoms with Crippen LogP contribution in [0.5, 0.6) is 5.75 Å². The minimum absolute atomic E-state index is 0.242. The molecule has 2 amide bonds. The number of ether oxygens (including phenoxy) is 1. The summed E-state index contributed by atoms with van der Waals surface area (Å²) >= 11 is 0. The zero-order chi connectivity index (χ0) is 21.1. The van der Waals surface area contributed by atoms with Crippen molar-refractivity contribution in [1.82, 2.24) is 15.2 Å². The summed E-state index contributed by atoms with van der Waals surface area (Å²) in [5.41, 5.74) is 5.77. The van der Waals surface area contributed by atoms with Crippen molar-refractivity contribution in [3.63, 3.8) is 0 Å². The molecule has 1 saturated heterocycles. The van der Waals surface area contributed by atoms with Crippen molar-refractivity contribution in [2.45, 2.75) is 25.4 Å². The number of nitrogens with zero attached hydrogens (tertiary/aromatic N) is 3. The summed E-state index contributed by atoms with van der Waals surface area (Å²) in [5, 5.41) is 13.0. The van der Waals surface area contributed by atoms with Crippen molar-refractivity contribution >= 4 is 23.6 Å². The monoisotopic (exact) mass is 404 g/mol. The minimum atomic E-state index is -0.714. The first-order valence-electron chi connectivity index (χ1n) is 9.88. The fourth-order valence-electron chi connectivity index (χ4n) is 3.59. The number of likely N-dealkylation sites (tertiary alicyclic amines) is 1. The molecule has 0 radical (unpaired) electrons. The number of aromatic nitrogens is 1. The number of hydrogen-bond donors (Lipinski definition) is 2. The number of nitrogens with one attached hydrogen (secondary N) is 1. The van der Waals surface area contributed by atoms with Gasteiger partial charge in [-0.3, -0.25) is 10.3 Å². The molecule has 7 heteroatoms. The van der Waals surface area contributed by atoms with Gasteiger partial charge in [-0.1, -0.05) is 6.07 Å². The van der Waals surface area contributed by atoms with Crippen LogP contribution in [0.4, 0.5) is 10.5 Å². The molecule has 1 fully saturated rings. The van der Waals surface area contributed by atoms with Gasteiger partial charge < -0.3 is 14.7 Å². The van der Waals surface area contributed by atoms with Crippen molar-refractivity contribution in [3.8, 4) is 16.9 Å². The molecule has 7 nitrogen and oxygen atoms in total. The summed E-state index contributed by atoms with van der Waals surface area (Å²) in [7, 11) is 1.59. The predicted octanol–water partition coefficient (Wildman–Crippen LogP) is 3.53. The van der Waals surface area contributed by atoms with E-state index in [1.807, 2.05) is 30.3 Å². The van der Waals surface area contributed by atoms with Crippen LogP contribution in [0.1, 0.15) is 25.3 Å². The van der Waals surface area contributed by atoms with Gasteiger partial charge >= 0.3 is 6.03 Å². The molecule has 1 aromatic heterocycles. The molecule has 2 aliphatic heterocycles. The maximum atomic E-state index is 12.7. The number of methoxy groups -OCH3 is 1.